The molecule has 3 N–H and O–H groups in total. The van der Waals surface area contributed by atoms with E-state index < -0.39 is 0 Å². The van der Waals surface area contributed by atoms with Crippen LogP contribution in [0.25, 0.3) is 0 Å². The summed E-state index contributed by atoms with van der Waals surface area (Å²) in [5.74, 6) is 0.814. The van der Waals surface area contributed by atoms with Crippen molar-refractivity contribution in [3.63, 3.8) is 0 Å². The highest BCUT2D eigenvalue weighted by Gasteiger charge is 2.27. The van der Waals surface area contributed by atoms with E-state index in [1.54, 1.807) is 0 Å². The van der Waals surface area contributed by atoms with Gasteiger partial charge in [-0.15, -0.1) is 0 Å². The number of carbonyl (C=O) groups excluding carboxylic acids is 1. The van der Waals surface area contributed by atoms with E-state index in [2.05, 4.69) is 31.4 Å². The summed E-state index contributed by atoms with van der Waals surface area (Å²) in [5.41, 5.74) is 0.0528. The molecule has 0 aromatic rings. The van der Waals surface area contributed by atoms with Crippen molar-refractivity contribution in [1.29, 1.82) is 0 Å². The molecule has 0 aliphatic carbocycles. The first kappa shape index (κ1) is 16.4. The summed E-state index contributed by atoms with van der Waals surface area (Å²) in [6, 6.07) is -0.0210. The standard InChI is InChI=1S/C15H30N2O2/c1-4-12-6-8-16-13(10-12)14(19)17-11-15(2,3)7-5-9-18/h12-13,16,18H,4-11H2,1-3H3,(H,17,19). The second-order valence-corrected chi connectivity index (χ2v) is 6.51. The Kier molecular flexibility index (Phi) is 6.80. The van der Waals surface area contributed by atoms with E-state index in [0.717, 1.165) is 32.2 Å². The number of amides is 1. The summed E-state index contributed by atoms with van der Waals surface area (Å²) in [5, 5.41) is 15.2. The molecule has 0 bridgehead atoms. The molecular weight excluding hydrogens is 240 g/mol. The van der Waals surface area contributed by atoms with Crippen molar-refractivity contribution in [2.24, 2.45) is 11.3 Å². The van der Waals surface area contributed by atoms with E-state index >= 15 is 0 Å². The Morgan fingerprint density at radius 1 is 1.47 bits per heavy atom. The van der Waals surface area contributed by atoms with E-state index in [1.807, 2.05) is 0 Å². The maximum atomic E-state index is 12.2. The monoisotopic (exact) mass is 270 g/mol. The predicted molar refractivity (Wildman–Crippen MR) is 77.9 cm³/mol. The fourth-order valence-corrected chi connectivity index (χ4v) is 2.66. The quantitative estimate of drug-likeness (QED) is 0.659. The van der Waals surface area contributed by atoms with Gasteiger partial charge >= 0.3 is 0 Å². The number of piperidine rings is 1. The lowest BCUT2D eigenvalue weighted by molar-refractivity contribution is -0.124. The number of rotatable bonds is 7. The van der Waals surface area contributed by atoms with Gasteiger partial charge in [-0.1, -0.05) is 27.2 Å². The first-order valence-corrected chi connectivity index (χ1v) is 7.60. The van der Waals surface area contributed by atoms with Crippen LogP contribution in [0.3, 0.4) is 0 Å². The Labute approximate surface area is 117 Å². The van der Waals surface area contributed by atoms with E-state index in [1.165, 1.54) is 6.42 Å². The van der Waals surface area contributed by atoms with Crippen molar-refractivity contribution in [3.8, 4) is 0 Å². The van der Waals surface area contributed by atoms with Crippen LogP contribution in [0, 0.1) is 11.3 Å². The third-order valence-corrected chi connectivity index (χ3v) is 4.16. The van der Waals surface area contributed by atoms with Gasteiger partial charge in [-0.2, -0.15) is 0 Å². The maximum absolute atomic E-state index is 12.2. The minimum absolute atomic E-state index is 0.0210. The molecule has 0 saturated carbocycles. The van der Waals surface area contributed by atoms with Crippen LogP contribution in [0.15, 0.2) is 0 Å². The summed E-state index contributed by atoms with van der Waals surface area (Å²) >= 11 is 0. The smallest absolute Gasteiger partial charge is 0.237 e. The molecular formula is C15H30N2O2. The van der Waals surface area contributed by atoms with Gasteiger partial charge in [-0.05, 0) is 43.6 Å². The fourth-order valence-electron chi connectivity index (χ4n) is 2.66. The van der Waals surface area contributed by atoms with E-state index in [9.17, 15) is 4.79 Å². The van der Waals surface area contributed by atoms with Gasteiger partial charge in [0.1, 0.15) is 0 Å². The molecule has 1 heterocycles. The van der Waals surface area contributed by atoms with Gasteiger partial charge in [-0.25, -0.2) is 0 Å². The van der Waals surface area contributed by atoms with Gasteiger partial charge in [0.25, 0.3) is 0 Å². The Balaban J connectivity index is 2.34. The third kappa shape index (κ3) is 5.91. The molecule has 2 unspecified atom stereocenters. The molecule has 1 aliphatic heterocycles. The molecule has 4 nitrogen and oxygen atoms in total. The molecule has 19 heavy (non-hydrogen) atoms. The molecule has 1 rings (SSSR count). The molecule has 4 heteroatoms. The summed E-state index contributed by atoms with van der Waals surface area (Å²) in [7, 11) is 0. The second kappa shape index (κ2) is 7.85. The van der Waals surface area contributed by atoms with Gasteiger partial charge in [0.05, 0.1) is 6.04 Å². The SMILES string of the molecule is CCC1CCNC(C(=O)NCC(C)(C)CCCO)C1. The number of carbonyl (C=O) groups is 1. The van der Waals surface area contributed by atoms with Gasteiger partial charge in [0.2, 0.25) is 5.91 Å². The zero-order valence-electron chi connectivity index (χ0n) is 12.7. The lowest BCUT2D eigenvalue weighted by Gasteiger charge is -2.31. The van der Waals surface area contributed by atoms with Crippen molar-refractivity contribution in [2.75, 3.05) is 19.7 Å². The number of hydrogen-bond donors (Lipinski definition) is 3. The summed E-state index contributed by atoms with van der Waals surface area (Å²) in [6.07, 6.45) is 5.02. The summed E-state index contributed by atoms with van der Waals surface area (Å²) in [6.45, 7) is 8.31. The van der Waals surface area contributed by atoms with E-state index in [4.69, 9.17) is 5.11 Å². The van der Waals surface area contributed by atoms with Gasteiger partial charge in [0.15, 0.2) is 0 Å². The highest BCUT2D eigenvalue weighted by molar-refractivity contribution is 5.81. The largest absolute Gasteiger partial charge is 0.396 e. The number of nitrogens with one attached hydrogen (secondary N) is 2. The zero-order valence-corrected chi connectivity index (χ0v) is 12.7. The average molecular weight is 270 g/mol. The molecule has 0 radical (unpaired) electrons. The maximum Gasteiger partial charge on any atom is 0.237 e. The van der Waals surface area contributed by atoms with Crippen molar-refractivity contribution >= 4 is 5.91 Å². The Morgan fingerprint density at radius 2 is 2.21 bits per heavy atom. The van der Waals surface area contributed by atoms with Crippen molar-refractivity contribution in [2.45, 2.75) is 58.9 Å². The van der Waals surface area contributed by atoms with Crippen LogP contribution in [0.1, 0.15) is 52.9 Å². The van der Waals surface area contributed by atoms with Crippen LogP contribution in [0.4, 0.5) is 0 Å². The van der Waals surface area contributed by atoms with Crippen LogP contribution < -0.4 is 10.6 Å². The Morgan fingerprint density at radius 3 is 2.84 bits per heavy atom. The first-order chi connectivity index (χ1) is 8.98. The Bertz CT molecular complexity index is 279. The average Bonchev–Trinajstić information content (AvgIpc) is 2.43. The molecule has 0 aromatic carbocycles. The lowest BCUT2D eigenvalue weighted by Crippen LogP contribution is -2.50. The minimum atomic E-state index is -0.0210. The molecule has 1 saturated heterocycles. The second-order valence-electron chi connectivity index (χ2n) is 6.51. The number of aliphatic hydroxyl groups excluding tert-OH is 1. The van der Waals surface area contributed by atoms with Crippen LogP contribution in [-0.2, 0) is 4.79 Å². The van der Waals surface area contributed by atoms with E-state index in [-0.39, 0.29) is 24.0 Å². The van der Waals surface area contributed by atoms with Gasteiger partial charge in [-0.3, -0.25) is 4.79 Å². The molecule has 1 aliphatic rings. The third-order valence-electron chi connectivity index (χ3n) is 4.16. The Hall–Kier alpha value is -0.610. The molecule has 1 amide bonds. The summed E-state index contributed by atoms with van der Waals surface area (Å²) < 4.78 is 0. The molecule has 0 aromatic heterocycles. The highest BCUT2D eigenvalue weighted by Crippen LogP contribution is 2.22. The summed E-state index contributed by atoms with van der Waals surface area (Å²) in [4.78, 5) is 12.2. The molecule has 2 atom stereocenters. The van der Waals surface area contributed by atoms with Gasteiger partial charge < -0.3 is 15.7 Å². The predicted octanol–water partition coefficient (Wildman–Crippen LogP) is 1.68. The van der Waals surface area contributed by atoms with Crippen LogP contribution in [0.5, 0.6) is 0 Å². The van der Waals surface area contributed by atoms with Crippen LogP contribution in [-0.4, -0.2) is 36.8 Å². The van der Waals surface area contributed by atoms with Crippen LogP contribution >= 0.6 is 0 Å². The minimum Gasteiger partial charge on any atom is -0.396 e. The van der Waals surface area contributed by atoms with Crippen LogP contribution in [0.2, 0.25) is 0 Å². The lowest BCUT2D eigenvalue weighted by atomic mass is 9.87. The molecule has 1 fully saturated rings. The van der Waals surface area contributed by atoms with Gasteiger partial charge in [0, 0.05) is 13.2 Å². The molecule has 112 valence electrons. The highest BCUT2D eigenvalue weighted by atomic mass is 16.2. The topological polar surface area (TPSA) is 61.4 Å². The van der Waals surface area contributed by atoms with Crippen molar-refractivity contribution in [1.82, 2.24) is 10.6 Å². The fraction of sp³-hybridized carbons (Fsp3) is 0.933. The van der Waals surface area contributed by atoms with Crippen molar-refractivity contribution in [3.05, 3.63) is 0 Å². The van der Waals surface area contributed by atoms with Crippen molar-refractivity contribution < 1.29 is 9.90 Å². The normalized spacial score (nSPS) is 24.2. The number of hydrogen-bond acceptors (Lipinski definition) is 3. The zero-order chi connectivity index (χ0) is 14.3. The number of aliphatic hydroxyl groups is 1. The van der Waals surface area contributed by atoms with E-state index in [0.29, 0.717) is 12.5 Å². The molecule has 0 spiro atoms. The first-order valence-electron chi connectivity index (χ1n) is 7.60.